The van der Waals surface area contributed by atoms with Crippen LogP contribution in [0.3, 0.4) is 0 Å². The first-order valence-electron chi connectivity index (χ1n) is 3.90. The third-order valence-corrected chi connectivity index (χ3v) is 2.05. The number of hydrogen-bond acceptors (Lipinski definition) is 5. The quantitative estimate of drug-likeness (QED) is 0.509. The minimum absolute atomic E-state index is 0.184. The Morgan fingerprint density at radius 2 is 2.33 bits per heavy atom. The van der Waals surface area contributed by atoms with Gasteiger partial charge in [0.25, 0.3) is 0 Å². The maximum Gasteiger partial charge on any atom is 0.337 e. The summed E-state index contributed by atoms with van der Waals surface area (Å²) in [4.78, 5) is 11.1. The van der Waals surface area contributed by atoms with Crippen molar-refractivity contribution in [2.24, 2.45) is 0 Å². The van der Waals surface area contributed by atoms with Gasteiger partial charge in [-0.25, -0.2) is 4.79 Å². The fourth-order valence-corrected chi connectivity index (χ4v) is 1.47. The van der Waals surface area contributed by atoms with E-state index >= 15 is 0 Å². The molecule has 2 aliphatic rings. The highest BCUT2D eigenvalue weighted by Crippen LogP contribution is 2.22. The van der Waals surface area contributed by atoms with Crippen LogP contribution < -0.4 is 5.32 Å². The summed E-state index contributed by atoms with van der Waals surface area (Å²) in [7, 11) is 1.35. The van der Waals surface area contributed by atoms with Crippen LogP contribution in [0.5, 0.6) is 0 Å². The number of rotatable bonds is 1. The molecule has 0 aliphatic carbocycles. The molecule has 2 aliphatic heterocycles. The Bertz CT molecular complexity index is 196. The molecule has 2 fully saturated rings. The molecular weight excluding hydrogens is 162 g/mol. The first-order chi connectivity index (χ1) is 5.81. The summed E-state index contributed by atoms with van der Waals surface area (Å²) < 4.78 is 15.2. The molecule has 2 bridgehead atoms. The number of hydrogen-bond donors (Lipinski definition) is 1. The Morgan fingerprint density at radius 3 is 3.00 bits per heavy atom. The lowest BCUT2D eigenvalue weighted by Gasteiger charge is -2.18. The highest BCUT2D eigenvalue weighted by Gasteiger charge is 2.43. The lowest BCUT2D eigenvalue weighted by atomic mass is 10.2. The average Bonchev–Trinajstić information content (AvgIpc) is 2.40. The molecule has 0 amide bonds. The molecule has 3 atom stereocenters. The lowest BCUT2D eigenvalue weighted by molar-refractivity contribution is -0.153. The van der Waals surface area contributed by atoms with Crippen LogP contribution in [0.1, 0.15) is 0 Å². The van der Waals surface area contributed by atoms with Crippen molar-refractivity contribution < 1.29 is 19.0 Å². The fraction of sp³-hybridized carbons (Fsp3) is 0.857. The van der Waals surface area contributed by atoms with Crippen molar-refractivity contribution in [2.75, 3.05) is 20.2 Å². The maximum atomic E-state index is 11.1. The average molecular weight is 173 g/mol. The van der Waals surface area contributed by atoms with Crippen molar-refractivity contribution in [1.29, 1.82) is 0 Å². The standard InChI is InChI=1S/C7H11NO4/c1-10-7(9)6-4-2-8-3-5(11-4)12-6/h4-6,8H,2-3H2,1H3/t4-,5-,6+/m0/s1. The van der Waals surface area contributed by atoms with Gasteiger partial charge in [-0.1, -0.05) is 0 Å². The predicted octanol–water partition coefficient (Wildman–Crippen LogP) is -1.13. The van der Waals surface area contributed by atoms with Gasteiger partial charge in [-0.15, -0.1) is 0 Å². The molecule has 12 heavy (non-hydrogen) atoms. The van der Waals surface area contributed by atoms with Crippen molar-refractivity contribution in [1.82, 2.24) is 5.32 Å². The number of carbonyl (C=O) groups is 1. The van der Waals surface area contributed by atoms with E-state index in [1.165, 1.54) is 7.11 Å². The van der Waals surface area contributed by atoms with Gasteiger partial charge >= 0.3 is 5.97 Å². The molecule has 0 aromatic carbocycles. The first-order valence-corrected chi connectivity index (χ1v) is 3.90. The number of nitrogens with one attached hydrogen (secondary N) is 1. The van der Waals surface area contributed by atoms with Crippen LogP contribution in [0, 0.1) is 0 Å². The minimum Gasteiger partial charge on any atom is -0.467 e. The number of esters is 1. The van der Waals surface area contributed by atoms with Crippen molar-refractivity contribution >= 4 is 5.97 Å². The van der Waals surface area contributed by atoms with Crippen LogP contribution in [-0.2, 0) is 19.0 Å². The van der Waals surface area contributed by atoms with Crippen molar-refractivity contribution in [2.45, 2.75) is 18.5 Å². The van der Waals surface area contributed by atoms with E-state index in [0.29, 0.717) is 13.1 Å². The number of methoxy groups -OCH3 is 1. The molecule has 0 unspecified atom stereocenters. The fourth-order valence-electron chi connectivity index (χ4n) is 1.47. The molecule has 2 rings (SSSR count). The summed E-state index contributed by atoms with van der Waals surface area (Å²) in [6.07, 6.45) is -1.01. The monoisotopic (exact) mass is 173 g/mol. The number of morpholine rings is 1. The second-order valence-electron chi connectivity index (χ2n) is 2.84. The zero-order valence-corrected chi connectivity index (χ0v) is 6.78. The van der Waals surface area contributed by atoms with Gasteiger partial charge < -0.3 is 19.5 Å². The molecule has 1 N–H and O–H groups in total. The van der Waals surface area contributed by atoms with E-state index < -0.39 is 6.10 Å². The van der Waals surface area contributed by atoms with E-state index in [2.05, 4.69) is 10.1 Å². The van der Waals surface area contributed by atoms with Crippen LogP contribution in [0.25, 0.3) is 0 Å². The van der Waals surface area contributed by atoms with E-state index in [1.807, 2.05) is 0 Å². The number of carbonyl (C=O) groups excluding carboxylic acids is 1. The first kappa shape index (κ1) is 7.97. The molecule has 2 saturated heterocycles. The van der Waals surface area contributed by atoms with Crippen molar-refractivity contribution in [3.8, 4) is 0 Å². The summed E-state index contributed by atoms with van der Waals surface area (Å²) in [5, 5.41) is 3.10. The molecule has 0 saturated carbocycles. The van der Waals surface area contributed by atoms with Crippen molar-refractivity contribution in [3.05, 3.63) is 0 Å². The number of fused-ring (bicyclic) bond motifs is 2. The Balaban J connectivity index is 2.04. The van der Waals surface area contributed by atoms with E-state index in [-0.39, 0.29) is 18.4 Å². The summed E-state index contributed by atoms with van der Waals surface area (Å²) in [6, 6.07) is 0. The molecule has 0 aromatic heterocycles. The molecule has 2 heterocycles. The number of ether oxygens (including phenoxy) is 3. The zero-order chi connectivity index (χ0) is 8.55. The van der Waals surface area contributed by atoms with Crippen LogP contribution in [0.15, 0.2) is 0 Å². The molecule has 0 radical (unpaired) electrons. The molecular formula is C7H11NO4. The van der Waals surface area contributed by atoms with E-state index in [9.17, 15) is 4.79 Å². The van der Waals surface area contributed by atoms with Gasteiger partial charge in [0, 0.05) is 13.1 Å². The second kappa shape index (κ2) is 3.01. The predicted molar refractivity (Wildman–Crippen MR) is 38.4 cm³/mol. The van der Waals surface area contributed by atoms with E-state index in [1.54, 1.807) is 0 Å². The van der Waals surface area contributed by atoms with Crippen molar-refractivity contribution in [3.63, 3.8) is 0 Å². The van der Waals surface area contributed by atoms with E-state index in [0.717, 1.165) is 0 Å². The molecule has 5 heteroatoms. The highest BCUT2D eigenvalue weighted by atomic mass is 16.7. The molecule has 0 spiro atoms. The van der Waals surface area contributed by atoms with Crippen LogP contribution in [-0.4, -0.2) is 44.7 Å². The topological polar surface area (TPSA) is 56.8 Å². The zero-order valence-electron chi connectivity index (χ0n) is 6.78. The minimum atomic E-state index is -0.546. The smallest absolute Gasteiger partial charge is 0.337 e. The van der Waals surface area contributed by atoms with Crippen LogP contribution >= 0.6 is 0 Å². The van der Waals surface area contributed by atoms with Gasteiger partial charge in [0.2, 0.25) is 0 Å². The van der Waals surface area contributed by atoms with Crippen LogP contribution in [0.4, 0.5) is 0 Å². The highest BCUT2D eigenvalue weighted by molar-refractivity contribution is 5.75. The molecule has 5 nitrogen and oxygen atoms in total. The Kier molecular flexibility index (Phi) is 2.00. The van der Waals surface area contributed by atoms with Gasteiger partial charge in [-0.05, 0) is 0 Å². The van der Waals surface area contributed by atoms with Gasteiger partial charge in [0.15, 0.2) is 12.4 Å². The molecule has 0 aromatic rings. The lowest BCUT2D eigenvalue weighted by Crippen LogP contribution is -2.42. The van der Waals surface area contributed by atoms with Gasteiger partial charge in [0.1, 0.15) is 6.10 Å². The SMILES string of the molecule is COC(=O)[C@@H]1O[C@H]2CNC[C@@H]1O2. The Hall–Kier alpha value is -0.650. The summed E-state index contributed by atoms with van der Waals surface area (Å²) >= 11 is 0. The largest absolute Gasteiger partial charge is 0.467 e. The second-order valence-corrected chi connectivity index (χ2v) is 2.84. The Morgan fingerprint density at radius 1 is 1.50 bits per heavy atom. The third-order valence-electron chi connectivity index (χ3n) is 2.05. The summed E-state index contributed by atoms with van der Waals surface area (Å²) in [6.45, 7) is 1.29. The normalized spacial score (nSPS) is 39.6. The van der Waals surface area contributed by atoms with Gasteiger partial charge in [0.05, 0.1) is 7.11 Å². The van der Waals surface area contributed by atoms with E-state index in [4.69, 9.17) is 9.47 Å². The van der Waals surface area contributed by atoms with Gasteiger partial charge in [-0.3, -0.25) is 0 Å². The van der Waals surface area contributed by atoms with Crippen LogP contribution in [0.2, 0.25) is 0 Å². The third kappa shape index (κ3) is 1.20. The van der Waals surface area contributed by atoms with Gasteiger partial charge in [-0.2, -0.15) is 0 Å². The molecule has 68 valence electrons. The summed E-state index contributed by atoms with van der Waals surface area (Å²) in [5.74, 6) is -0.355. The Labute approximate surface area is 70.0 Å². The maximum absolute atomic E-state index is 11.1. The summed E-state index contributed by atoms with van der Waals surface area (Å²) in [5.41, 5.74) is 0.